The molecule has 6 atom stereocenters. The van der Waals surface area contributed by atoms with Gasteiger partial charge in [-0.05, 0) is 32.1 Å². The lowest BCUT2D eigenvalue weighted by Crippen LogP contribution is -2.59. The number of unbranched alkanes of at least 4 members (excludes halogenated alkanes) is 38. The maximum Gasteiger partial charge on any atom is 0.306 e. The largest absolute Gasteiger partial charge is 0.462 e. The van der Waals surface area contributed by atoms with Crippen LogP contribution in [-0.2, 0) is 28.5 Å². The van der Waals surface area contributed by atoms with Crippen molar-refractivity contribution in [1.29, 1.82) is 0 Å². The molecule has 2 unspecified atom stereocenters. The van der Waals surface area contributed by atoms with Gasteiger partial charge in [0.1, 0.15) is 31.0 Å². The minimum atomic E-state index is -1.60. The van der Waals surface area contributed by atoms with Gasteiger partial charge in [-0.3, -0.25) is 9.59 Å². The van der Waals surface area contributed by atoms with E-state index in [9.17, 15) is 30.0 Å². The molecule has 1 fully saturated rings. The van der Waals surface area contributed by atoms with Crippen LogP contribution in [0.4, 0.5) is 0 Å². The second kappa shape index (κ2) is 49.0. The highest BCUT2D eigenvalue weighted by Gasteiger charge is 2.44. The third-order valence-electron chi connectivity index (χ3n) is 13.9. The third kappa shape index (κ3) is 39.1. The Morgan fingerprint density at radius 1 is 0.441 bits per heavy atom. The van der Waals surface area contributed by atoms with E-state index in [0.29, 0.717) is 6.42 Å². The Kier molecular flexibility index (Phi) is 46.5. The van der Waals surface area contributed by atoms with Crippen LogP contribution in [0.15, 0.2) is 12.2 Å². The molecule has 10 nitrogen and oxygen atoms in total. The molecule has 1 aliphatic rings. The van der Waals surface area contributed by atoms with Gasteiger partial charge >= 0.3 is 11.9 Å². The summed E-state index contributed by atoms with van der Waals surface area (Å²) < 4.78 is 22.3. The average Bonchev–Trinajstić information content (AvgIpc) is 3.34. The molecular weight excluding hydrogens is 857 g/mol. The van der Waals surface area contributed by atoms with Gasteiger partial charge in [0.15, 0.2) is 12.4 Å². The van der Waals surface area contributed by atoms with Crippen LogP contribution in [0.3, 0.4) is 0 Å². The molecule has 1 aliphatic heterocycles. The molecule has 0 bridgehead atoms. The Labute approximate surface area is 418 Å². The van der Waals surface area contributed by atoms with Gasteiger partial charge in [-0.2, -0.15) is 0 Å². The summed E-state index contributed by atoms with van der Waals surface area (Å²) in [5.41, 5.74) is 0. The zero-order chi connectivity index (χ0) is 49.4. The van der Waals surface area contributed by atoms with Gasteiger partial charge in [-0.25, -0.2) is 0 Å². The fourth-order valence-corrected chi connectivity index (χ4v) is 9.31. The molecule has 0 aromatic carbocycles. The van der Waals surface area contributed by atoms with E-state index in [1.54, 1.807) is 0 Å². The van der Waals surface area contributed by atoms with Gasteiger partial charge in [0.2, 0.25) is 0 Å². The Morgan fingerprint density at radius 2 is 0.794 bits per heavy atom. The molecule has 0 amide bonds. The highest BCUT2D eigenvalue weighted by molar-refractivity contribution is 5.70. The highest BCUT2D eigenvalue weighted by atomic mass is 16.7. The maximum absolute atomic E-state index is 12.9. The normalized spacial score (nSPS) is 18.9. The number of carbonyl (C=O) groups excluding carboxylic acids is 2. The van der Waals surface area contributed by atoms with Crippen molar-refractivity contribution in [3.63, 3.8) is 0 Å². The summed E-state index contributed by atoms with van der Waals surface area (Å²) in [7, 11) is 0. The van der Waals surface area contributed by atoms with Crippen LogP contribution in [0.1, 0.15) is 290 Å². The average molecular weight is 968 g/mol. The summed E-state index contributed by atoms with van der Waals surface area (Å²) in [5, 5.41) is 40.3. The van der Waals surface area contributed by atoms with Crippen LogP contribution < -0.4 is 0 Å². The second-order valence-corrected chi connectivity index (χ2v) is 20.5. The smallest absolute Gasteiger partial charge is 0.306 e. The molecule has 1 rings (SSSR count). The Morgan fingerprint density at radius 3 is 1.19 bits per heavy atom. The summed E-state index contributed by atoms with van der Waals surface area (Å²) in [6.07, 6.45) is 49.6. The monoisotopic (exact) mass is 967 g/mol. The first kappa shape index (κ1) is 64.5. The van der Waals surface area contributed by atoms with Crippen molar-refractivity contribution in [3.8, 4) is 0 Å². The summed E-state index contributed by atoms with van der Waals surface area (Å²) >= 11 is 0. The van der Waals surface area contributed by atoms with Crippen molar-refractivity contribution < 1.29 is 49.0 Å². The van der Waals surface area contributed by atoms with Crippen LogP contribution in [0.2, 0.25) is 0 Å². The molecule has 0 radical (unpaired) electrons. The van der Waals surface area contributed by atoms with E-state index in [0.717, 1.165) is 32.1 Å². The Hall–Kier alpha value is -1.56. The van der Waals surface area contributed by atoms with Crippen molar-refractivity contribution in [2.24, 2.45) is 0 Å². The fourth-order valence-electron chi connectivity index (χ4n) is 9.31. The topological polar surface area (TPSA) is 152 Å². The van der Waals surface area contributed by atoms with E-state index in [2.05, 4.69) is 26.0 Å². The molecule has 1 saturated heterocycles. The van der Waals surface area contributed by atoms with E-state index >= 15 is 0 Å². The minimum Gasteiger partial charge on any atom is -0.462 e. The SMILES string of the molecule is CCCCCCCCCCCCCCCCCCCC/C=C/CCCC(=O)O[C@H](COC(=O)CCCCCCCCCCCCCCCCCCCCCC)CO[C@@H]1O[C@H](CO)[C@H](O)C(O)C1O. The van der Waals surface area contributed by atoms with Gasteiger partial charge in [-0.15, -0.1) is 0 Å². The summed E-state index contributed by atoms with van der Waals surface area (Å²) in [6.45, 7) is 3.47. The molecule has 68 heavy (non-hydrogen) atoms. The Bertz CT molecular complexity index is 1120. The molecule has 0 spiro atoms. The molecule has 4 N–H and O–H groups in total. The summed E-state index contributed by atoms with van der Waals surface area (Å²) in [6, 6.07) is 0. The first-order valence-corrected chi connectivity index (χ1v) is 29.3. The number of rotatable bonds is 51. The lowest BCUT2D eigenvalue weighted by Gasteiger charge is -2.39. The number of hydrogen-bond donors (Lipinski definition) is 4. The molecule has 0 aromatic rings. The molecule has 10 heteroatoms. The van der Waals surface area contributed by atoms with Crippen LogP contribution >= 0.6 is 0 Å². The predicted octanol–water partition coefficient (Wildman–Crippen LogP) is 14.6. The predicted molar refractivity (Wildman–Crippen MR) is 280 cm³/mol. The summed E-state index contributed by atoms with van der Waals surface area (Å²) in [4.78, 5) is 25.5. The van der Waals surface area contributed by atoms with E-state index in [1.807, 2.05) is 0 Å². The third-order valence-corrected chi connectivity index (χ3v) is 13.9. The molecule has 1 heterocycles. The summed E-state index contributed by atoms with van der Waals surface area (Å²) in [5.74, 6) is -0.823. The van der Waals surface area contributed by atoms with Crippen molar-refractivity contribution in [2.75, 3.05) is 19.8 Å². The number of ether oxygens (including phenoxy) is 4. The van der Waals surface area contributed by atoms with Gasteiger partial charge < -0.3 is 39.4 Å². The molecule has 0 saturated carbocycles. The van der Waals surface area contributed by atoms with Crippen molar-refractivity contribution in [1.82, 2.24) is 0 Å². The number of hydrogen-bond acceptors (Lipinski definition) is 10. The first-order valence-electron chi connectivity index (χ1n) is 29.3. The molecule has 0 aromatic heterocycles. The van der Waals surface area contributed by atoms with E-state index in [4.69, 9.17) is 18.9 Å². The van der Waals surface area contributed by atoms with Gasteiger partial charge in [0.05, 0.1) is 13.2 Å². The van der Waals surface area contributed by atoms with Gasteiger partial charge in [0.25, 0.3) is 0 Å². The minimum absolute atomic E-state index is 0.188. The zero-order valence-electron chi connectivity index (χ0n) is 44.4. The number of aliphatic hydroxyl groups excluding tert-OH is 4. The maximum atomic E-state index is 12.9. The van der Waals surface area contributed by atoms with E-state index in [-0.39, 0.29) is 32.0 Å². The second-order valence-electron chi connectivity index (χ2n) is 20.5. The number of esters is 2. The van der Waals surface area contributed by atoms with E-state index < -0.39 is 49.4 Å². The van der Waals surface area contributed by atoms with Crippen LogP contribution in [0.5, 0.6) is 0 Å². The van der Waals surface area contributed by atoms with Crippen LogP contribution in [-0.4, -0.2) is 89.0 Å². The van der Waals surface area contributed by atoms with Crippen LogP contribution in [0.25, 0.3) is 0 Å². The molecule has 0 aliphatic carbocycles. The molecular formula is C58H110O10. The highest BCUT2D eigenvalue weighted by Crippen LogP contribution is 2.23. The number of allylic oxidation sites excluding steroid dienone is 2. The van der Waals surface area contributed by atoms with Crippen molar-refractivity contribution in [2.45, 2.75) is 327 Å². The van der Waals surface area contributed by atoms with Crippen LogP contribution in [0, 0.1) is 0 Å². The quantitative estimate of drug-likeness (QED) is 0.0263. The number of carbonyl (C=O) groups is 2. The van der Waals surface area contributed by atoms with Crippen molar-refractivity contribution in [3.05, 3.63) is 12.2 Å². The standard InChI is InChI=1S/C58H110O10/c1-3-5-7-9-11-13-15-17-19-21-23-25-26-27-29-31-33-35-37-39-41-43-45-47-54(61)67-51(50-66-58-57(64)56(63)55(62)52(48-59)68-58)49-65-53(60)46-44-42-40-38-36-34-32-30-28-24-22-20-18-16-14-12-10-8-6-4-2/h39,41,51-52,55-59,62-64H,3-38,40,42-50H2,1-2H3/b41-39+/t51-,52-,55+,56?,57?,58-/m1/s1. The lowest BCUT2D eigenvalue weighted by molar-refractivity contribution is -0.305. The van der Waals surface area contributed by atoms with Crippen molar-refractivity contribution >= 4 is 11.9 Å². The lowest BCUT2D eigenvalue weighted by atomic mass is 9.99. The first-order chi connectivity index (χ1) is 33.3. The molecule has 402 valence electrons. The number of aliphatic hydroxyl groups is 4. The van der Waals surface area contributed by atoms with Gasteiger partial charge in [-0.1, -0.05) is 257 Å². The fraction of sp³-hybridized carbons (Fsp3) is 0.931. The zero-order valence-corrected chi connectivity index (χ0v) is 44.4. The van der Waals surface area contributed by atoms with E-state index in [1.165, 1.54) is 225 Å². The van der Waals surface area contributed by atoms with Gasteiger partial charge in [0, 0.05) is 12.8 Å². The Balaban J connectivity index is 2.20.